The van der Waals surface area contributed by atoms with Crippen LogP contribution in [0, 0.1) is 5.82 Å². The Labute approximate surface area is 105 Å². The van der Waals surface area contributed by atoms with Gasteiger partial charge in [0.05, 0.1) is 6.61 Å². The quantitative estimate of drug-likeness (QED) is 0.786. The largest absolute Gasteiger partial charge is 0.392 e. The van der Waals surface area contributed by atoms with E-state index in [0.29, 0.717) is 12.1 Å². The summed E-state index contributed by atoms with van der Waals surface area (Å²) in [5.41, 5.74) is 0.688. The first-order chi connectivity index (χ1) is 8.48. The van der Waals surface area contributed by atoms with Crippen LogP contribution in [-0.4, -0.2) is 17.6 Å². The number of rotatable bonds is 7. The molecule has 0 atom stereocenters. The van der Waals surface area contributed by atoms with Gasteiger partial charge in [0, 0.05) is 30.6 Å². The van der Waals surface area contributed by atoms with E-state index in [-0.39, 0.29) is 24.9 Å². The van der Waals surface area contributed by atoms with Gasteiger partial charge in [0.15, 0.2) is 0 Å². The highest BCUT2D eigenvalue weighted by molar-refractivity contribution is 5.46. The van der Waals surface area contributed by atoms with E-state index >= 15 is 0 Å². The second-order valence-electron chi connectivity index (χ2n) is 4.25. The highest BCUT2D eigenvalue weighted by atomic mass is 19.3. The summed E-state index contributed by atoms with van der Waals surface area (Å²) in [6.07, 6.45) is 0.0604. The molecule has 0 bridgehead atoms. The maximum atomic E-state index is 13.2. The molecule has 0 unspecified atom stereocenters. The molecule has 0 aliphatic rings. The van der Waals surface area contributed by atoms with Gasteiger partial charge in [-0.2, -0.15) is 0 Å². The van der Waals surface area contributed by atoms with Crippen molar-refractivity contribution in [3.8, 4) is 0 Å². The fourth-order valence-corrected chi connectivity index (χ4v) is 1.69. The molecule has 0 fully saturated rings. The summed E-state index contributed by atoms with van der Waals surface area (Å²) >= 11 is 0. The minimum Gasteiger partial charge on any atom is -0.392 e. The van der Waals surface area contributed by atoms with Crippen LogP contribution in [0.1, 0.15) is 31.7 Å². The Morgan fingerprint density at radius 3 is 2.61 bits per heavy atom. The summed E-state index contributed by atoms with van der Waals surface area (Å²) in [7, 11) is 0. The number of aliphatic hydroxyl groups excluding tert-OH is 1. The van der Waals surface area contributed by atoms with Crippen molar-refractivity contribution in [2.45, 2.75) is 38.7 Å². The number of halogens is 3. The first-order valence-corrected chi connectivity index (χ1v) is 5.99. The molecule has 0 heterocycles. The van der Waals surface area contributed by atoms with E-state index in [9.17, 15) is 13.2 Å². The van der Waals surface area contributed by atoms with Crippen molar-refractivity contribution in [3.05, 3.63) is 29.6 Å². The molecule has 1 aromatic rings. The molecule has 0 radical (unpaired) electrons. The third-order valence-corrected chi connectivity index (χ3v) is 2.65. The number of hydrogen-bond donors (Lipinski definition) is 2. The number of aliphatic hydroxyl groups is 1. The van der Waals surface area contributed by atoms with Crippen molar-refractivity contribution in [1.29, 1.82) is 0 Å². The van der Waals surface area contributed by atoms with Gasteiger partial charge in [0.25, 0.3) is 0 Å². The molecule has 102 valence electrons. The second-order valence-corrected chi connectivity index (χ2v) is 4.25. The fraction of sp³-hybridized carbons (Fsp3) is 0.538. The van der Waals surface area contributed by atoms with Gasteiger partial charge in [-0.25, -0.2) is 13.2 Å². The zero-order valence-electron chi connectivity index (χ0n) is 10.3. The first-order valence-electron chi connectivity index (χ1n) is 5.99. The summed E-state index contributed by atoms with van der Waals surface area (Å²) in [5.74, 6) is -3.17. The molecule has 0 aliphatic heterocycles. The summed E-state index contributed by atoms with van der Waals surface area (Å²) in [5, 5.41) is 11.7. The van der Waals surface area contributed by atoms with Crippen molar-refractivity contribution < 1.29 is 18.3 Å². The molecule has 0 saturated heterocycles. The zero-order valence-corrected chi connectivity index (χ0v) is 10.3. The Bertz CT molecular complexity index is 382. The Morgan fingerprint density at radius 1 is 1.28 bits per heavy atom. The minimum absolute atomic E-state index is 0.115. The number of alkyl halides is 2. The number of hydrogen-bond acceptors (Lipinski definition) is 2. The third kappa shape index (κ3) is 4.56. The van der Waals surface area contributed by atoms with E-state index in [1.807, 2.05) is 0 Å². The van der Waals surface area contributed by atoms with Gasteiger partial charge in [-0.1, -0.05) is 13.3 Å². The molecule has 0 aromatic heterocycles. The lowest BCUT2D eigenvalue weighted by atomic mass is 10.1. The lowest BCUT2D eigenvalue weighted by molar-refractivity contribution is -0.0132. The van der Waals surface area contributed by atoms with Crippen LogP contribution in [0.25, 0.3) is 0 Å². The topological polar surface area (TPSA) is 32.3 Å². The lowest BCUT2D eigenvalue weighted by Gasteiger charge is -2.16. The molecule has 1 rings (SSSR count). The second kappa shape index (κ2) is 6.64. The minimum atomic E-state index is -2.67. The van der Waals surface area contributed by atoms with Gasteiger partial charge >= 0.3 is 0 Å². The van der Waals surface area contributed by atoms with Crippen LogP contribution in [-0.2, 0) is 6.61 Å². The zero-order chi connectivity index (χ0) is 13.6. The first kappa shape index (κ1) is 14.8. The highest BCUT2D eigenvalue weighted by Crippen LogP contribution is 2.24. The van der Waals surface area contributed by atoms with E-state index in [1.165, 1.54) is 18.2 Å². The van der Waals surface area contributed by atoms with Gasteiger partial charge in [0.2, 0.25) is 5.92 Å². The molecule has 0 spiro atoms. The van der Waals surface area contributed by atoms with Gasteiger partial charge in [-0.15, -0.1) is 0 Å². The fourth-order valence-electron chi connectivity index (χ4n) is 1.69. The average Bonchev–Trinajstić information content (AvgIpc) is 2.31. The average molecular weight is 261 g/mol. The Balaban J connectivity index is 2.49. The van der Waals surface area contributed by atoms with Crippen LogP contribution in [0.15, 0.2) is 18.2 Å². The van der Waals surface area contributed by atoms with Crippen molar-refractivity contribution in [2.24, 2.45) is 0 Å². The number of anilines is 1. The van der Waals surface area contributed by atoms with Gasteiger partial charge in [-0.3, -0.25) is 0 Å². The molecule has 2 N–H and O–H groups in total. The summed E-state index contributed by atoms with van der Waals surface area (Å²) in [4.78, 5) is 0. The molecule has 0 saturated carbocycles. The summed E-state index contributed by atoms with van der Waals surface area (Å²) in [6, 6.07) is 4.10. The van der Waals surface area contributed by atoms with E-state index < -0.39 is 18.3 Å². The van der Waals surface area contributed by atoms with Crippen LogP contribution in [0.3, 0.4) is 0 Å². The van der Waals surface area contributed by atoms with Crippen LogP contribution in [0.4, 0.5) is 18.9 Å². The Kier molecular flexibility index (Phi) is 5.47. The molecular weight excluding hydrogens is 243 g/mol. The lowest BCUT2D eigenvalue weighted by Crippen LogP contribution is -2.20. The number of nitrogens with one attached hydrogen (secondary N) is 1. The maximum Gasteiger partial charge on any atom is 0.249 e. The van der Waals surface area contributed by atoms with E-state index in [0.717, 1.165) is 0 Å². The highest BCUT2D eigenvalue weighted by Gasteiger charge is 2.26. The predicted octanol–water partition coefficient (Wildman–Crippen LogP) is 3.56. The Morgan fingerprint density at radius 2 is 2.00 bits per heavy atom. The van der Waals surface area contributed by atoms with Crippen molar-refractivity contribution in [3.63, 3.8) is 0 Å². The molecular formula is C13H18F3NO. The summed E-state index contributed by atoms with van der Waals surface area (Å²) in [6.45, 7) is 1.42. The predicted molar refractivity (Wildman–Crippen MR) is 65.3 cm³/mol. The monoisotopic (exact) mass is 261 g/mol. The molecule has 18 heavy (non-hydrogen) atoms. The third-order valence-electron chi connectivity index (χ3n) is 2.65. The summed E-state index contributed by atoms with van der Waals surface area (Å²) < 4.78 is 39.5. The van der Waals surface area contributed by atoms with E-state index in [1.54, 1.807) is 6.92 Å². The molecule has 5 heteroatoms. The molecule has 2 nitrogen and oxygen atoms in total. The maximum absolute atomic E-state index is 13.2. The van der Waals surface area contributed by atoms with Crippen LogP contribution < -0.4 is 5.32 Å². The SMILES string of the molecule is CCCC(F)(F)CCNc1ccc(F)c(CO)c1. The van der Waals surface area contributed by atoms with Crippen molar-refractivity contribution in [1.82, 2.24) is 0 Å². The van der Waals surface area contributed by atoms with E-state index in [4.69, 9.17) is 5.11 Å². The van der Waals surface area contributed by atoms with Crippen molar-refractivity contribution >= 4 is 5.69 Å². The molecule has 0 amide bonds. The van der Waals surface area contributed by atoms with Crippen LogP contribution in [0.2, 0.25) is 0 Å². The van der Waals surface area contributed by atoms with Gasteiger partial charge in [-0.05, 0) is 18.2 Å². The molecule has 0 aliphatic carbocycles. The van der Waals surface area contributed by atoms with Crippen molar-refractivity contribution in [2.75, 3.05) is 11.9 Å². The van der Waals surface area contributed by atoms with Crippen LogP contribution >= 0.6 is 0 Å². The smallest absolute Gasteiger partial charge is 0.249 e. The standard InChI is InChI=1S/C13H18F3NO/c1-2-5-13(15,16)6-7-17-11-3-4-12(14)10(8-11)9-18/h3-4,8,17-18H,2,5-7,9H2,1H3. The molecule has 1 aromatic carbocycles. The van der Waals surface area contributed by atoms with Gasteiger partial charge < -0.3 is 10.4 Å². The van der Waals surface area contributed by atoms with Crippen LogP contribution in [0.5, 0.6) is 0 Å². The Hall–Kier alpha value is -1.23. The van der Waals surface area contributed by atoms with Gasteiger partial charge in [0.1, 0.15) is 5.82 Å². The van der Waals surface area contributed by atoms with E-state index in [2.05, 4.69) is 5.32 Å². The number of benzene rings is 1. The normalized spacial score (nSPS) is 11.6.